The quantitative estimate of drug-likeness (QED) is 0.633. The van der Waals surface area contributed by atoms with Crippen LogP contribution in [0.15, 0.2) is 30.9 Å². The van der Waals surface area contributed by atoms with Gasteiger partial charge < -0.3 is 5.73 Å². The third kappa shape index (κ3) is 4.72. The fraction of sp³-hybridized carbons (Fsp3) is 0.333. The Bertz CT molecular complexity index is 434. The molecule has 1 aromatic carbocycles. The fourth-order valence-corrected chi connectivity index (χ4v) is 1.51. The van der Waals surface area contributed by atoms with Crippen LogP contribution in [0.2, 0.25) is 0 Å². The van der Waals surface area contributed by atoms with Gasteiger partial charge in [-0.3, -0.25) is 0 Å². The third-order valence-electron chi connectivity index (χ3n) is 2.46. The first-order valence-electron chi connectivity index (χ1n) is 5.21. The van der Waals surface area contributed by atoms with Crippen molar-refractivity contribution >= 4 is 12.4 Å². The van der Waals surface area contributed by atoms with Gasteiger partial charge in [-0.1, -0.05) is 6.08 Å². The van der Waals surface area contributed by atoms with Gasteiger partial charge in [-0.05, 0) is 30.2 Å². The summed E-state index contributed by atoms with van der Waals surface area (Å²) in [6, 6.07) is 0.373. The van der Waals surface area contributed by atoms with Gasteiger partial charge in [0.25, 0.3) is 0 Å². The van der Waals surface area contributed by atoms with Gasteiger partial charge >= 0.3 is 12.4 Å². The minimum Gasteiger partial charge on any atom is -0.324 e. The van der Waals surface area contributed by atoms with E-state index in [2.05, 4.69) is 6.58 Å². The van der Waals surface area contributed by atoms with E-state index in [4.69, 9.17) is 5.73 Å². The Balaban J connectivity index is 0.00000361. The fourth-order valence-electron chi connectivity index (χ4n) is 1.51. The first-order chi connectivity index (χ1) is 8.55. The molecule has 0 fully saturated rings. The number of nitrogens with two attached hydrogens (primary N) is 1. The van der Waals surface area contributed by atoms with Gasteiger partial charge in [-0.2, -0.15) is 26.3 Å². The lowest BCUT2D eigenvalue weighted by molar-refractivity contribution is -0.143. The maximum Gasteiger partial charge on any atom is 0.416 e. The highest BCUT2D eigenvalue weighted by Gasteiger charge is 2.37. The van der Waals surface area contributed by atoms with Crippen LogP contribution in [-0.2, 0) is 12.4 Å². The molecule has 0 heterocycles. The van der Waals surface area contributed by atoms with Crippen molar-refractivity contribution in [2.75, 3.05) is 0 Å². The van der Waals surface area contributed by atoms with E-state index < -0.39 is 29.5 Å². The Morgan fingerprint density at radius 1 is 1.00 bits per heavy atom. The van der Waals surface area contributed by atoms with E-state index in [1.807, 2.05) is 0 Å². The standard InChI is InChI=1S/C12H11F6N.ClH/c1-2-3-10(19)7-4-8(11(13,14)15)6-9(5-7)12(16,17)18;/h2,4-6,10H,1,3,19H2;1H/t10-;/m0./s1. The SMILES string of the molecule is C=CC[C@H](N)c1cc(C(F)(F)F)cc(C(F)(F)F)c1.Cl. The van der Waals surface area contributed by atoms with E-state index >= 15 is 0 Å². The average molecular weight is 320 g/mol. The molecule has 1 nitrogen and oxygen atoms in total. The highest BCUT2D eigenvalue weighted by molar-refractivity contribution is 5.85. The first kappa shape index (κ1) is 18.8. The lowest BCUT2D eigenvalue weighted by atomic mass is 9.98. The molecule has 114 valence electrons. The molecule has 0 radical (unpaired) electrons. The van der Waals surface area contributed by atoms with Crippen LogP contribution in [0.3, 0.4) is 0 Å². The largest absolute Gasteiger partial charge is 0.416 e. The summed E-state index contributed by atoms with van der Waals surface area (Å²) >= 11 is 0. The number of rotatable bonds is 3. The molecule has 0 unspecified atom stereocenters. The van der Waals surface area contributed by atoms with Crippen molar-refractivity contribution in [3.8, 4) is 0 Å². The zero-order valence-electron chi connectivity index (χ0n) is 10.1. The summed E-state index contributed by atoms with van der Waals surface area (Å²) < 4.78 is 75.3. The molecule has 0 aliphatic rings. The second-order valence-electron chi connectivity index (χ2n) is 3.97. The van der Waals surface area contributed by atoms with Crippen molar-refractivity contribution in [2.24, 2.45) is 5.73 Å². The Kier molecular flexibility index (Phi) is 6.10. The van der Waals surface area contributed by atoms with Gasteiger partial charge in [0.15, 0.2) is 0 Å². The topological polar surface area (TPSA) is 26.0 Å². The second kappa shape index (κ2) is 6.49. The molecule has 0 aliphatic carbocycles. The molecule has 1 aromatic rings. The highest BCUT2D eigenvalue weighted by atomic mass is 35.5. The van der Waals surface area contributed by atoms with Crippen LogP contribution in [0.25, 0.3) is 0 Å². The monoisotopic (exact) mass is 319 g/mol. The lowest BCUT2D eigenvalue weighted by Crippen LogP contribution is -2.15. The van der Waals surface area contributed by atoms with Crippen LogP contribution in [0.1, 0.15) is 29.2 Å². The first-order valence-corrected chi connectivity index (χ1v) is 5.21. The number of hydrogen-bond donors (Lipinski definition) is 1. The van der Waals surface area contributed by atoms with Gasteiger partial charge in [-0.15, -0.1) is 19.0 Å². The summed E-state index contributed by atoms with van der Waals surface area (Å²) in [5, 5.41) is 0. The minimum absolute atomic E-state index is 0. The van der Waals surface area contributed by atoms with Crippen LogP contribution in [0, 0.1) is 0 Å². The lowest BCUT2D eigenvalue weighted by Gasteiger charge is -2.17. The smallest absolute Gasteiger partial charge is 0.324 e. The summed E-state index contributed by atoms with van der Waals surface area (Å²) in [7, 11) is 0. The van der Waals surface area contributed by atoms with Crippen molar-refractivity contribution in [1.82, 2.24) is 0 Å². The van der Waals surface area contributed by atoms with E-state index in [0.717, 1.165) is 0 Å². The summed E-state index contributed by atoms with van der Waals surface area (Å²) in [4.78, 5) is 0. The molecule has 0 saturated carbocycles. The third-order valence-corrected chi connectivity index (χ3v) is 2.46. The zero-order valence-corrected chi connectivity index (χ0v) is 10.9. The van der Waals surface area contributed by atoms with Crippen LogP contribution < -0.4 is 5.73 Å². The van der Waals surface area contributed by atoms with Crippen LogP contribution >= 0.6 is 12.4 Å². The molecular formula is C12H12ClF6N. The summed E-state index contributed by atoms with van der Waals surface area (Å²) in [5.41, 5.74) is 2.58. The van der Waals surface area contributed by atoms with Crippen LogP contribution in [0.4, 0.5) is 26.3 Å². The Morgan fingerprint density at radius 2 is 1.40 bits per heavy atom. The van der Waals surface area contributed by atoms with Crippen molar-refractivity contribution < 1.29 is 26.3 Å². The van der Waals surface area contributed by atoms with E-state index in [0.29, 0.717) is 12.1 Å². The van der Waals surface area contributed by atoms with Gasteiger partial charge in [0.2, 0.25) is 0 Å². The number of benzene rings is 1. The number of halogens is 7. The Labute approximate surface area is 117 Å². The molecule has 0 spiro atoms. The van der Waals surface area contributed by atoms with E-state index in [-0.39, 0.29) is 30.5 Å². The van der Waals surface area contributed by atoms with Crippen LogP contribution in [0.5, 0.6) is 0 Å². The van der Waals surface area contributed by atoms with E-state index in [1.165, 1.54) is 6.08 Å². The Morgan fingerprint density at radius 3 is 1.70 bits per heavy atom. The molecule has 0 aromatic heterocycles. The minimum atomic E-state index is -4.86. The molecule has 1 rings (SSSR count). The zero-order chi connectivity index (χ0) is 14.8. The van der Waals surface area contributed by atoms with Crippen molar-refractivity contribution in [3.05, 3.63) is 47.5 Å². The summed E-state index contributed by atoms with van der Waals surface area (Å²) in [6.45, 7) is 3.34. The Hall–Kier alpha value is -1.21. The van der Waals surface area contributed by atoms with Gasteiger partial charge in [0.1, 0.15) is 0 Å². The van der Waals surface area contributed by atoms with Gasteiger partial charge in [0, 0.05) is 6.04 Å². The predicted molar refractivity (Wildman–Crippen MR) is 65.4 cm³/mol. The van der Waals surface area contributed by atoms with Crippen molar-refractivity contribution in [3.63, 3.8) is 0 Å². The average Bonchev–Trinajstić information content (AvgIpc) is 2.26. The second-order valence-corrected chi connectivity index (χ2v) is 3.97. The molecule has 8 heteroatoms. The maximum atomic E-state index is 12.6. The predicted octanol–water partition coefficient (Wildman–Crippen LogP) is 4.72. The molecule has 0 amide bonds. The summed E-state index contributed by atoms with van der Waals surface area (Å²) in [5.74, 6) is 0. The van der Waals surface area contributed by atoms with Gasteiger partial charge in [-0.25, -0.2) is 0 Å². The normalized spacial score (nSPS) is 13.6. The molecule has 20 heavy (non-hydrogen) atoms. The van der Waals surface area contributed by atoms with Crippen molar-refractivity contribution in [2.45, 2.75) is 24.8 Å². The molecule has 1 atom stereocenters. The number of hydrogen-bond acceptors (Lipinski definition) is 1. The molecule has 0 saturated heterocycles. The molecule has 0 aliphatic heterocycles. The molecule has 0 bridgehead atoms. The van der Waals surface area contributed by atoms with Gasteiger partial charge in [0.05, 0.1) is 11.1 Å². The molecular weight excluding hydrogens is 308 g/mol. The van der Waals surface area contributed by atoms with Crippen LogP contribution in [-0.4, -0.2) is 0 Å². The maximum absolute atomic E-state index is 12.6. The number of alkyl halides is 6. The van der Waals surface area contributed by atoms with Crippen molar-refractivity contribution in [1.29, 1.82) is 0 Å². The van der Waals surface area contributed by atoms with E-state index in [1.54, 1.807) is 0 Å². The highest BCUT2D eigenvalue weighted by Crippen LogP contribution is 2.37. The molecule has 2 N–H and O–H groups in total. The summed E-state index contributed by atoms with van der Waals surface area (Å²) in [6.07, 6.45) is -8.30. The van der Waals surface area contributed by atoms with E-state index in [9.17, 15) is 26.3 Å².